The zero-order valence-corrected chi connectivity index (χ0v) is 19.1. The highest BCUT2D eigenvalue weighted by atomic mass is 19.3. The van der Waals surface area contributed by atoms with Gasteiger partial charge in [0.25, 0.3) is 5.92 Å². The van der Waals surface area contributed by atoms with E-state index in [4.69, 9.17) is 0 Å². The maximum Gasteiger partial charge on any atom is 0.265 e. The third-order valence-corrected chi connectivity index (χ3v) is 6.52. The van der Waals surface area contributed by atoms with Gasteiger partial charge >= 0.3 is 0 Å². The zero-order chi connectivity index (χ0) is 24.2. The van der Waals surface area contributed by atoms with Gasteiger partial charge in [0.1, 0.15) is 11.6 Å². The normalized spacial score (nSPS) is 17.6. The number of anilines is 3. The van der Waals surface area contributed by atoms with E-state index in [2.05, 4.69) is 30.7 Å². The number of aromatic nitrogens is 5. The standard InChI is InChI=1S/C24H24F2N8O/c1-27-21-17-10-28-19(30-23(35)14-3-4-14)9-16(17)18(11-29-21)22-31-20-6-5-15(12-34(20)32-22)33-8-2-7-24(25,26)13-33/h5-6,9-12,14H,2-4,7-8,13H2,1H3,(H,27,29)(H,28,30,35). The lowest BCUT2D eigenvalue weighted by Crippen LogP contribution is -2.42. The summed E-state index contributed by atoms with van der Waals surface area (Å²) in [5.41, 5.74) is 1.95. The molecular weight excluding hydrogens is 454 g/mol. The molecule has 11 heteroatoms. The van der Waals surface area contributed by atoms with Gasteiger partial charge in [-0.1, -0.05) is 0 Å². The van der Waals surface area contributed by atoms with Crippen LogP contribution in [0.25, 0.3) is 27.8 Å². The quantitative estimate of drug-likeness (QED) is 0.448. The molecule has 1 aliphatic heterocycles. The summed E-state index contributed by atoms with van der Waals surface area (Å²) in [6, 6.07) is 5.38. The average molecular weight is 479 g/mol. The Bertz CT molecular complexity index is 1450. The average Bonchev–Trinajstić information content (AvgIpc) is 3.61. The number of pyridine rings is 3. The number of halogens is 2. The van der Waals surface area contributed by atoms with Gasteiger partial charge < -0.3 is 15.5 Å². The van der Waals surface area contributed by atoms with Crippen molar-refractivity contribution in [2.75, 3.05) is 35.7 Å². The van der Waals surface area contributed by atoms with Crippen molar-refractivity contribution >= 4 is 39.6 Å². The van der Waals surface area contributed by atoms with E-state index >= 15 is 0 Å². The van der Waals surface area contributed by atoms with E-state index in [1.165, 1.54) is 0 Å². The number of nitrogens with one attached hydrogen (secondary N) is 2. The second-order valence-electron chi connectivity index (χ2n) is 9.16. The largest absolute Gasteiger partial charge is 0.373 e. The van der Waals surface area contributed by atoms with E-state index < -0.39 is 5.92 Å². The van der Waals surface area contributed by atoms with E-state index in [-0.39, 0.29) is 24.8 Å². The van der Waals surface area contributed by atoms with Gasteiger partial charge in [-0.2, -0.15) is 0 Å². The zero-order valence-electron chi connectivity index (χ0n) is 19.1. The molecule has 1 saturated heterocycles. The Labute approximate surface area is 199 Å². The van der Waals surface area contributed by atoms with Gasteiger partial charge in [-0.25, -0.2) is 28.2 Å². The van der Waals surface area contributed by atoms with Crippen LogP contribution in [0.15, 0.2) is 36.8 Å². The van der Waals surface area contributed by atoms with Crippen LogP contribution in [0.4, 0.5) is 26.1 Å². The fourth-order valence-corrected chi connectivity index (χ4v) is 4.51. The van der Waals surface area contributed by atoms with Crippen LogP contribution in [0.2, 0.25) is 0 Å². The molecule has 0 spiro atoms. The molecule has 2 fully saturated rings. The molecule has 9 nitrogen and oxygen atoms in total. The summed E-state index contributed by atoms with van der Waals surface area (Å²) < 4.78 is 29.5. The summed E-state index contributed by atoms with van der Waals surface area (Å²) in [5, 5.41) is 12.1. The predicted molar refractivity (Wildman–Crippen MR) is 129 cm³/mol. The van der Waals surface area contributed by atoms with Crippen LogP contribution in [0.1, 0.15) is 25.7 Å². The van der Waals surface area contributed by atoms with Crippen molar-refractivity contribution in [3.8, 4) is 11.4 Å². The second-order valence-corrected chi connectivity index (χ2v) is 9.16. The highest BCUT2D eigenvalue weighted by Crippen LogP contribution is 2.34. The molecule has 0 atom stereocenters. The Kier molecular flexibility index (Phi) is 5.01. The first-order valence-corrected chi connectivity index (χ1v) is 11.7. The fraction of sp³-hybridized carbons (Fsp3) is 0.375. The number of rotatable bonds is 5. The Morgan fingerprint density at radius 1 is 1.17 bits per heavy atom. The number of fused-ring (bicyclic) bond motifs is 2. The first-order chi connectivity index (χ1) is 16.9. The van der Waals surface area contributed by atoms with Crippen molar-refractivity contribution in [2.45, 2.75) is 31.6 Å². The number of piperidine rings is 1. The highest BCUT2D eigenvalue weighted by molar-refractivity contribution is 6.03. The molecule has 0 bridgehead atoms. The molecule has 1 aliphatic carbocycles. The minimum atomic E-state index is -2.69. The lowest BCUT2D eigenvalue weighted by atomic mass is 10.1. The van der Waals surface area contributed by atoms with Crippen LogP contribution in [0, 0.1) is 5.92 Å². The summed E-state index contributed by atoms with van der Waals surface area (Å²) in [6.45, 7) is 0.271. The number of nitrogens with zero attached hydrogens (tertiary/aromatic N) is 6. The Hall–Kier alpha value is -3.89. The molecule has 6 rings (SSSR count). The Morgan fingerprint density at radius 2 is 2.03 bits per heavy atom. The lowest BCUT2D eigenvalue weighted by molar-refractivity contribution is -0.117. The van der Waals surface area contributed by atoms with Crippen LogP contribution in [0.3, 0.4) is 0 Å². The number of amides is 1. The van der Waals surface area contributed by atoms with E-state index in [1.807, 2.05) is 0 Å². The highest BCUT2D eigenvalue weighted by Gasteiger charge is 2.35. The minimum Gasteiger partial charge on any atom is -0.373 e. The summed E-state index contributed by atoms with van der Waals surface area (Å²) in [6.07, 6.45) is 7.25. The van der Waals surface area contributed by atoms with Crippen LogP contribution in [-0.2, 0) is 4.79 Å². The van der Waals surface area contributed by atoms with Crippen molar-refractivity contribution in [3.05, 3.63) is 36.8 Å². The maximum atomic E-state index is 13.9. The number of carbonyl (C=O) groups excluding carboxylic acids is 1. The molecule has 2 aliphatic rings. The van der Waals surface area contributed by atoms with E-state index in [1.54, 1.807) is 53.3 Å². The number of carbonyl (C=O) groups is 1. The smallest absolute Gasteiger partial charge is 0.265 e. The number of alkyl halides is 2. The SMILES string of the molecule is CNc1ncc(-c2nc3ccc(N4CCCC(F)(F)C4)cn3n2)c2cc(NC(=O)C3CC3)ncc12. The molecule has 0 radical (unpaired) electrons. The molecule has 4 aromatic heterocycles. The van der Waals surface area contributed by atoms with Crippen molar-refractivity contribution < 1.29 is 13.6 Å². The van der Waals surface area contributed by atoms with Crippen molar-refractivity contribution in [1.82, 2.24) is 24.6 Å². The van der Waals surface area contributed by atoms with E-state index in [0.29, 0.717) is 47.3 Å². The third kappa shape index (κ3) is 4.11. The molecule has 2 N–H and O–H groups in total. The van der Waals surface area contributed by atoms with Gasteiger partial charge in [-0.05, 0) is 37.5 Å². The lowest BCUT2D eigenvalue weighted by Gasteiger charge is -2.33. The Morgan fingerprint density at radius 3 is 2.80 bits per heavy atom. The van der Waals surface area contributed by atoms with Gasteiger partial charge in [-0.3, -0.25) is 4.79 Å². The van der Waals surface area contributed by atoms with E-state index in [9.17, 15) is 13.6 Å². The van der Waals surface area contributed by atoms with Crippen LogP contribution < -0.4 is 15.5 Å². The van der Waals surface area contributed by atoms with Gasteiger partial charge in [0.05, 0.1) is 18.4 Å². The first kappa shape index (κ1) is 21.6. The summed E-state index contributed by atoms with van der Waals surface area (Å²) in [4.78, 5) is 27.5. The molecule has 0 aromatic carbocycles. The summed E-state index contributed by atoms with van der Waals surface area (Å²) >= 11 is 0. The van der Waals surface area contributed by atoms with E-state index in [0.717, 1.165) is 23.6 Å². The fourth-order valence-electron chi connectivity index (χ4n) is 4.51. The van der Waals surface area contributed by atoms with Crippen molar-refractivity contribution in [1.29, 1.82) is 0 Å². The summed E-state index contributed by atoms with van der Waals surface area (Å²) in [5.74, 6) is -1.11. The van der Waals surface area contributed by atoms with Crippen LogP contribution in [-0.4, -0.2) is 56.5 Å². The molecule has 1 amide bonds. The van der Waals surface area contributed by atoms with Crippen molar-refractivity contribution in [3.63, 3.8) is 0 Å². The topological polar surface area (TPSA) is 100 Å². The van der Waals surface area contributed by atoms with Gasteiger partial charge in [0.15, 0.2) is 11.5 Å². The molecule has 0 unspecified atom stereocenters. The van der Waals surface area contributed by atoms with Gasteiger partial charge in [0.2, 0.25) is 5.91 Å². The number of hydrogen-bond donors (Lipinski definition) is 2. The molecule has 4 aromatic rings. The van der Waals surface area contributed by atoms with Gasteiger partial charge in [-0.15, -0.1) is 5.10 Å². The number of hydrogen-bond acceptors (Lipinski definition) is 7. The Balaban J connectivity index is 1.39. The predicted octanol–water partition coefficient (Wildman–Crippen LogP) is 3.97. The van der Waals surface area contributed by atoms with Crippen molar-refractivity contribution in [2.24, 2.45) is 5.92 Å². The second kappa shape index (κ2) is 8.10. The summed E-state index contributed by atoms with van der Waals surface area (Å²) in [7, 11) is 1.78. The van der Waals surface area contributed by atoms with Crippen LogP contribution in [0.5, 0.6) is 0 Å². The third-order valence-electron chi connectivity index (χ3n) is 6.52. The monoisotopic (exact) mass is 478 g/mol. The van der Waals surface area contributed by atoms with Crippen LogP contribution >= 0.6 is 0 Å². The maximum absolute atomic E-state index is 13.9. The molecule has 5 heterocycles. The molecule has 180 valence electrons. The minimum absolute atomic E-state index is 0.0250. The molecular formula is C24H24F2N8O. The molecule has 1 saturated carbocycles. The van der Waals surface area contributed by atoms with Gasteiger partial charge in [0, 0.05) is 54.7 Å². The first-order valence-electron chi connectivity index (χ1n) is 11.7. The molecule has 35 heavy (non-hydrogen) atoms.